The number of hydrogen-bond acceptors (Lipinski definition) is 5. The predicted molar refractivity (Wildman–Crippen MR) is 83.7 cm³/mol. The number of aromatic nitrogens is 3. The first-order valence-corrected chi connectivity index (χ1v) is 7.96. The summed E-state index contributed by atoms with van der Waals surface area (Å²) in [5.74, 6) is 1.41. The van der Waals surface area contributed by atoms with Gasteiger partial charge in [0.2, 0.25) is 17.2 Å². The fourth-order valence-corrected chi connectivity index (χ4v) is 2.83. The lowest BCUT2D eigenvalue weighted by atomic mass is 10.1. The average Bonchev–Trinajstić information content (AvgIpc) is 2.64. The van der Waals surface area contributed by atoms with E-state index in [4.69, 9.17) is 11.6 Å². The molecule has 1 aromatic heterocycles. The van der Waals surface area contributed by atoms with Crippen molar-refractivity contribution < 1.29 is 0 Å². The summed E-state index contributed by atoms with van der Waals surface area (Å²) in [6, 6.07) is 0.459. The van der Waals surface area contributed by atoms with E-state index < -0.39 is 0 Å². The monoisotopic (exact) mass is 297 g/mol. The van der Waals surface area contributed by atoms with Gasteiger partial charge < -0.3 is 9.80 Å². The summed E-state index contributed by atoms with van der Waals surface area (Å²) >= 11 is 6.10. The van der Waals surface area contributed by atoms with Gasteiger partial charge in [0.1, 0.15) is 0 Å². The van der Waals surface area contributed by atoms with Crippen molar-refractivity contribution in [3.8, 4) is 0 Å². The second-order valence-electron chi connectivity index (χ2n) is 5.27. The third kappa shape index (κ3) is 3.51. The molecule has 1 aromatic rings. The van der Waals surface area contributed by atoms with E-state index >= 15 is 0 Å². The lowest BCUT2D eigenvalue weighted by Crippen LogP contribution is -2.35. The molecular formula is C14H24ClN5. The lowest BCUT2D eigenvalue weighted by Gasteiger charge is -2.28. The van der Waals surface area contributed by atoms with E-state index in [-0.39, 0.29) is 5.28 Å². The van der Waals surface area contributed by atoms with Crippen LogP contribution < -0.4 is 9.80 Å². The van der Waals surface area contributed by atoms with E-state index in [0.29, 0.717) is 12.0 Å². The second-order valence-corrected chi connectivity index (χ2v) is 5.61. The van der Waals surface area contributed by atoms with Crippen LogP contribution in [-0.4, -0.2) is 40.6 Å². The molecule has 1 unspecified atom stereocenters. The standard InChI is InChI=1S/C14H24ClN5/c1-4-19(5-2)13-16-12(15)17-14(18-13)20-10-8-6-7-9-11(20)3/h11H,4-10H2,1-3H3. The lowest BCUT2D eigenvalue weighted by molar-refractivity contribution is 0.603. The van der Waals surface area contributed by atoms with Crippen LogP contribution in [0, 0.1) is 0 Å². The molecule has 0 spiro atoms. The van der Waals surface area contributed by atoms with E-state index in [1.54, 1.807) is 0 Å². The summed E-state index contributed by atoms with van der Waals surface area (Å²) in [5, 5.41) is 0.286. The van der Waals surface area contributed by atoms with Crippen molar-refractivity contribution in [2.45, 2.75) is 52.5 Å². The van der Waals surface area contributed by atoms with Crippen LogP contribution in [-0.2, 0) is 0 Å². The van der Waals surface area contributed by atoms with Gasteiger partial charge in [0.25, 0.3) is 0 Å². The highest BCUT2D eigenvalue weighted by atomic mass is 35.5. The van der Waals surface area contributed by atoms with Crippen LogP contribution in [0.3, 0.4) is 0 Å². The molecule has 0 amide bonds. The number of halogens is 1. The fraction of sp³-hybridized carbons (Fsp3) is 0.786. The predicted octanol–water partition coefficient (Wildman–Crippen LogP) is 3.14. The van der Waals surface area contributed by atoms with E-state index in [1.165, 1.54) is 25.7 Å². The largest absolute Gasteiger partial charge is 0.341 e. The molecule has 1 aliphatic rings. The van der Waals surface area contributed by atoms with Crippen molar-refractivity contribution in [1.29, 1.82) is 0 Å². The first-order valence-electron chi connectivity index (χ1n) is 7.58. The van der Waals surface area contributed by atoms with Gasteiger partial charge in [-0.1, -0.05) is 12.8 Å². The van der Waals surface area contributed by atoms with Gasteiger partial charge in [-0.05, 0) is 45.2 Å². The zero-order valence-electron chi connectivity index (χ0n) is 12.6. The Morgan fingerprint density at radius 3 is 2.60 bits per heavy atom. The molecule has 112 valence electrons. The normalized spacial score (nSPS) is 19.8. The van der Waals surface area contributed by atoms with Crippen LogP contribution in [0.25, 0.3) is 0 Å². The molecule has 2 rings (SSSR count). The van der Waals surface area contributed by atoms with Gasteiger partial charge in [-0.15, -0.1) is 0 Å². The molecule has 0 saturated carbocycles. The van der Waals surface area contributed by atoms with Crippen LogP contribution in [0.15, 0.2) is 0 Å². The van der Waals surface area contributed by atoms with Crippen LogP contribution >= 0.6 is 11.6 Å². The molecule has 6 heteroatoms. The number of nitrogens with zero attached hydrogens (tertiary/aromatic N) is 5. The molecule has 0 radical (unpaired) electrons. The molecule has 1 saturated heterocycles. The zero-order valence-corrected chi connectivity index (χ0v) is 13.4. The maximum atomic E-state index is 6.10. The number of hydrogen-bond donors (Lipinski definition) is 0. The summed E-state index contributed by atoms with van der Waals surface area (Å²) in [4.78, 5) is 17.6. The van der Waals surface area contributed by atoms with E-state index in [9.17, 15) is 0 Å². The first-order chi connectivity index (χ1) is 9.65. The Bertz CT molecular complexity index is 436. The topological polar surface area (TPSA) is 45.2 Å². The Morgan fingerprint density at radius 2 is 1.90 bits per heavy atom. The van der Waals surface area contributed by atoms with Gasteiger partial charge >= 0.3 is 0 Å². The van der Waals surface area contributed by atoms with Crippen LogP contribution in [0.2, 0.25) is 5.28 Å². The Kier molecular flexibility index (Phi) is 5.40. The fourth-order valence-electron chi connectivity index (χ4n) is 2.68. The minimum atomic E-state index is 0.286. The van der Waals surface area contributed by atoms with Crippen LogP contribution in [0.5, 0.6) is 0 Å². The molecule has 1 fully saturated rings. The highest BCUT2D eigenvalue weighted by Crippen LogP contribution is 2.23. The molecule has 1 atom stereocenters. The van der Waals surface area contributed by atoms with Crippen LogP contribution in [0.1, 0.15) is 46.5 Å². The zero-order chi connectivity index (χ0) is 14.5. The third-order valence-corrected chi connectivity index (χ3v) is 4.11. The number of anilines is 2. The summed E-state index contributed by atoms with van der Waals surface area (Å²) in [6.45, 7) is 9.15. The highest BCUT2D eigenvalue weighted by molar-refractivity contribution is 6.28. The molecule has 2 heterocycles. The molecular weight excluding hydrogens is 274 g/mol. The minimum Gasteiger partial charge on any atom is -0.341 e. The molecule has 0 aliphatic carbocycles. The molecule has 0 bridgehead atoms. The summed E-state index contributed by atoms with van der Waals surface area (Å²) in [7, 11) is 0. The van der Waals surface area contributed by atoms with Gasteiger partial charge in [0.15, 0.2) is 0 Å². The maximum absolute atomic E-state index is 6.10. The van der Waals surface area contributed by atoms with Gasteiger partial charge in [0.05, 0.1) is 0 Å². The summed E-state index contributed by atoms with van der Waals surface area (Å²) in [5.41, 5.74) is 0. The Balaban J connectivity index is 2.30. The van der Waals surface area contributed by atoms with E-state index in [0.717, 1.165) is 25.6 Å². The minimum absolute atomic E-state index is 0.286. The smallest absolute Gasteiger partial charge is 0.231 e. The van der Waals surface area contributed by atoms with Crippen molar-refractivity contribution in [1.82, 2.24) is 15.0 Å². The van der Waals surface area contributed by atoms with E-state index in [1.807, 2.05) is 0 Å². The Morgan fingerprint density at radius 1 is 1.15 bits per heavy atom. The average molecular weight is 298 g/mol. The quantitative estimate of drug-likeness (QED) is 0.854. The van der Waals surface area contributed by atoms with Crippen LogP contribution in [0.4, 0.5) is 11.9 Å². The molecule has 1 aliphatic heterocycles. The van der Waals surface area contributed by atoms with Crippen molar-refractivity contribution in [2.24, 2.45) is 0 Å². The second kappa shape index (κ2) is 7.07. The first kappa shape index (κ1) is 15.3. The van der Waals surface area contributed by atoms with Crippen molar-refractivity contribution >= 4 is 23.5 Å². The Hall–Kier alpha value is -1.10. The maximum Gasteiger partial charge on any atom is 0.231 e. The van der Waals surface area contributed by atoms with Gasteiger partial charge in [0, 0.05) is 25.7 Å². The molecule has 20 heavy (non-hydrogen) atoms. The van der Waals surface area contributed by atoms with Crippen molar-refractivity contribution in [2.75, 3.05) is 29.4 Å². The van der Waals surface area contributed by atoms with Crippen molar-refractivity contribution in [3.63, 3.8) is 0 Å². The Labute approximate surface area is 126 Å². The van der Waals surface area contributed by atoms with Gasteiger partial charge in [-0.25, -0.2) is 0 Å². The third-order valence-electron chi connectivity index (χ3n) is 3.94. The van der Waals surface area contributed by atoms with Crippen molar-refractivity contribution in [3.05, 3.63) is 5.28 Å². The summed E-state index contributed by atoms with van der Waals surface area (Å²) < 4.78 is 0. The number of rotatable bonds is 4. The van der Waals surface area contributed by atoms with Gasteiger partial charge in [-0.3, -0.25) is 0 Å². The summed E-state index contributed by atoms with van der Waals surface area (Å²) in [6.07, 6.45) is 4.93. The SMILES string of the molecule is CCN(CC)c1nc(Cl)nc(N2CCCCCC2C)n1. The highest BCUT2D eigenvalue weighted by Gasteiger charge is 2.21. The molecule has 0 aromatic carbocycles. The van der Waals surface area contributed by atoms with Gasteiger partial charge in [-0.2, -0.15) is 15.0 Å². The van der Waals surface area contributed by atoms with E-state index in [2.05, 4.69) is 45.5 Å². The molecule has 5 nitrogen and oxygen atoms in total. The molecule has 0 N–H and O–H groups in total.